The normalized spacial score (nSPS) is 18.1. The Balaban J connectivity index is 1.66. The van der Waals surface area contributed by atoms with Gasteiger partial charge in [0.15, 0.2) is 11.5 Å². The van der Waals surface area contributed by atoms with Gasteiger partial charge in [0.2, 0.25) is 11.7 Å². The summed E-state index contributed by atoms with van der Waals surface area (Å²) in [6.07, 6.45) is 5.49. The van der Waals surface area contributed by atoms with Gasteiger partial charge in [0.05, 0.1) is 7.11 Å². The lowest BCUT2D eigenvalue weighted by molar-refractivity contribution is -0.127. The summed E-state index contributed by atoms with van der Waals surface area (Å²) in [6, 6.07) is 4.04. The monoisotopic (exact) mass is 360 g/mol. The summed E-state index contributed by atoms with van der Waals surface area (Å²) in [4.78, 5) is 16.8. The van der Waals surface area contributed by atoms with E-state index in [1.54, 1.807) is 19.3 Å². The molecule has 2 aliphatic heterocycles. The van der Waals surface area contributed by atoms with Crippen LogP contribution in [0.4, 0.5) is 0 Å². The number of nitrogens with zero attached hydrogens (tertiary/aromatic N) is 2. The van der Waals surface area contributed by atoms with Gasteiger partial charge in [-0.3, -0.25) is 4.79 Å². The fourth-order valence-electron chi connectivity index (χ4n) is 3.48. The highest BCUT2D eigenvalue weighted by Gasteiger charge is 2.23. The number of methoxy groups -OCH3 is 1. The van der Waals surface area contributed by atoms with Gasteiger partial charge in [-0.2, -0.15) is 0 Å². The van der Waals surface area contributed by atoms with Crippen LogP contribution in [0.25, 0.3) is 6.08 Å². The van der Waals surface area contributed by atoms with Crippen molar-refractivity contribution < 1.29 is 19.0 Å². The van der Waals surface area contributed by atoms with Gasteiger partial charge in [-0.1, -0.05) is 6.92 Å². The first-order valence-corrected chi connectivity index (χ1v) is 9.27. The van der Waals surface area contributed by atoms with Crippen molar-refractivity contribution in [2.75, 3.05) is 47.0 Å². The predicted molar refractivity (Wildman–Crippen MR) is 101 cm³/mol. The maximum absolute atomic E-state index is 12.5. The Kier molecular flexibility index (Phi) is 6.04. The average Bonchev–Trinajstić information content (AvgIpc) is 2.70. The largest absolute Gasteiger partial charge is 0.493 e. The topological polar surface area (TPSA) is 51.2 Å². The number of likely N-dealkylation sites (tertiary alicyclic amines) is 1. The standard InChI is InChI=1S/C20H28N2O4/c1-4-22-9-7-16(8-10-22)21(2)19(23)6-5-15-13-17(24-3)20-18(14-15)25-11-12-26-20/h5-6,13-14,16H,4,7-12H2,1-3H3/b6-5+. The first-order valence-electron chi connectivity index (χ1n) is 9.27. The van der Waals surface area contributed by atoms with Crippen LogP contribution >= 0.6 is 0 Å². The van der Waals surface area contributed by atoms with Crippen molar-refractivity contribution in [1.29, 1.82) is 0 Å². The summed E-state index contributed by atoms with van der Waals surface area (Å²) in [5, 5.41) is 0. The minimum atomic E-state index is 0.0220. The molecule has 2 aliphatic rings. The van der Waals surface area contributed by atoms with Crippen LogP contribution in [0.2, 0.25) is 0 Å². The second-order valence-corrected chi connectivity index (χ2v) is 6.70. The Morgan fingerprint density at radius 1 is 1.31 bits per heavy atom. The molecule has 6 heteroatoms. The molecule has 0 N–H and O–H groups in total. The number of benzene rings is 1. The summed E-state index contributed by atoms with van der Waals surface area (Å²) in [5.74, 6) is 1.92. The first-order chi connectivity index (χ1) is 12.6. The van der Waals surface area contributed by atoms with E-state index in [1.165, 1.54) is 0 Å². The molecule has 0 atom stereocenters. The number of piperidine rings is 1. The van der Waals surface area contributed by atoms with Gasteiger partial charge in [-0.15, -0.1) is 0 Å². The van der Waals surface area contributed by atoms with Crippen LogP contribution in [0.5, 0.6) is 17.2 Å². The molecule has 0 aliphatic carbocycles. The maximum atomic E-state index is 12.5. The molecule has 26 heavy (non-hydrogen) atoms. The molecule has 0 saturated carbocycles. The average molecular weight is 360 g/mol. The number of hydrogen-bond donors (Lipinski definition) is 0. The van der Waals surface area contributed by atoms with Crippen LogP contribution in [0.3, 0.4) is 0 Å². The molecule has 1 saturated heterocycles. The minimum absolute atomic E-state index is 0.0220. The molecule has 0 unspecified atom stereocenters. The number of carbonyl (C=O) groups is 1. The van der Waals surface area contributed by atoms with E-state index in [1.807, 2.05) is 24.1 Å². The zero-order chi connectivity index (χ0) is 18.5. The zero-order valence-electron chi connectivity index (χ0n) is 15.9. The second kappa shape index (κ2) is 8.45. The molecule has 3 rings (SSSR count). The summed E-state index contributed by atoms with van der Waals surface area (Å²) in [7, 11) is 3.49. The van der Waals surface area contributed by atoms with Crippen molar-refractivity contribution in [3.63, 3.8) is 0 Å². The summed E-state index contributed by atoms with van der Waals surface area (Å²) in [6.45, 7) is 6.40. The third-order valence-corrected chi connectivity index (χ3v) is 5.17. The highest BCUT2D eigenvalue weighted by Crippen LogP contribution is 2.40. The fourth-order valence-corrected chi connectivity index (χ4v) is 3.48. The predicted octanol–water partition coefficient (Wildman–Crippen LogP) is 2.42. The lowest BCUT2D eigenvalue weighted by atomic mass is 10.0. The Bertz CT molecular complexity index is 649. The molecule has 142 valence electrons. The van der Waals surface area contributed by atoms with Gasteiger partial charge >= 0.3 is 0 Å². The number of ether oxygens (including phenoxy) is 3. The zero-order valence-corrected chi connectivity index (χ0v) is 15.9. The van der Waals surface area contributed by atoms with Crippen LogP contribution in [0.15, 0.2) is 18.2 Å². The number of hydrogen-bond acceptors (Lipinski definition) is 5. The van der Waals surface area contributed by atoms with E-state index in [0.717, 1.165) is 38.0 Å². The quantitative estimate of drug-likeness (QED) is 0.755. The Morgan fingerprint density at radius 2 is 2.04 bits per heavy atom. The van der Waals surface area contributed by atoms with Crippen LogP contribution in [0, 0.1) is 0 Å². The van der Waals surface area contributed by atoms with E-state index in [0.29, 0.717) is 36.5 Å². The molecular formula is C20H28N2O4. The smallest absolute Gasteiger partial charge is 0.246 e. The van der Waals surface area contributed by atoms with E-state index in [4.69, 9.17) is 14.2 Å². The summed E-state index contributed by atoms with van der Waals surface area (Å²) in [5.41, 5.74) is 0.855. The molecule has 0 radical (unpaired) electrons. The van der Waals surface area contributed by atoms with E-state index in [2.05, 4.69) is 11.8 Å². The molecule has 1 aromatic carbocycles. The number of fused-ring (bicyclic) bond motifs is 1. The molecule has 1 amide bonds. The van der Waals surface area contributed by atoms with Crippen molar-refractivity contribution in [3.8, 4) is 17.2 Å². The molecular weight excluding hydrogens is 332 g/mol. The molecule has 0 aromatic heterocycles. The lowest BCUT2D eigenvalue weighted by Gasteiger charge is -2.35. The number of likely N-dealkylation sites (N-methyl/N-ethyl adjacent to an activating group) is 1. The van der Waals surface area contributed by atoms with E-state index < -0.39 is 0 Å². The van der Waals surface area contributed by atoms with Crippen molar-refractivity contribution in [2.45, 2.75) is 25.8 Å². The van der Waals surface area contributed by atoms with Crippen molar-refractivity contribution >= 4 is 12.0 Å². The Labute approximate surface area is 155 Å². The highest BCUT2D eigenvalue weighted by molar-refractivity contribution is 5.92. The van der Waals surface area contributed by atoms with Gasteiger partial charge in [0, 0.05) is 32.3 Å². The third-order valence-electron chi connectivity index (χ3n) is 5.17. The van der Waals surface area contributed by atoms with E-state index in [-0.39, 0.29) is 5.91 Å². The second-order valence-electron chi connectivity index (χ2n) is 6.70. The van der Waals surface area contributed by atoms with Crippen molar-refractivity contribution in [1.82, 2.24) is 9.80 Å². The van der Waals surface area contributed by atoms with Crippen LogP contribution in [0.1, 0.15) is 25.3 Å². The lowest BCUT2D eigenvalue weighted by Crippen LogP contribution is -2.45. The van der Waals surface area contributed by atoms with Gasteiger partial charge in [0.1, 0.15) is 13.2 Å². The molecule has 1 aromatic rings. The summed E-state index contributed by atoms with van der Waals surface area (Å²) < 4.78 is 16.6. The van der Waals surface area contributed by atoms with E-state index >= 15 is 0 Å². The summed E-state index contributed by atoms with van der Waals surface area (Å²) >= 11 is 0. The fraction of sp³-hybridized carbons (Fsp3) is 0.550. The number of amides is 1. The number of carbonyl (C=O) groups excluding carboxylic acids is 1. The SMILES string of the molecule is CCN1CCC(N(C)C(=O)/C=C/c2cc(OC)c3c(c2)OCCO3)CC1. The minimum Gasteiger partial charge on any atom is -0.493 e. The maximum Gasteiger partial charge on any atom is 0.246 e. The molecule has 6 nitrogen and oxygen atoms in total. The Morgan fingerprint density at radius 3 is 2.73 bits per heavy atom. The van der Waals surface area contributed by atoms with E-state index in [9.17, 15) is 4.79 Å². The molecule has 2 heterocycles. The van der Waals surface area contributed by atoms with Crippen LogP contribution in [-0.4, -0.2) is 68.8 Å². The third kappa shape index (κ3) is 4.12. The highest BCUT2D eigenvalue weighted by atomic mass is 16.6. The molecule has 0 bridgehead atoms. The van der Waals surface area contributed by atoms with Crippen LogP contribution in [-0.2, 0) is 4.79 Å². The Hall–Kier alpha value is -2.21. The van der Waals surface area contributed by atoms with Crippen molar-refractivity contribution in [2.24, 2.45) is 0 Å². The van der Waals surface area contributed by atoms with Gasteiger partial charge < -0.3 is 24.0 Å². The van der Waals surface area contributed by atoms with Crippen LogP contribution < -0.4 is 14.2 Å². The van der Waals surface area contributed by atoms with Crippen molar-refractivity contribution in [3.05, 3.63) is 23.8 Å². The number of rotatable bonds is 5. The van der Waals surface area contributed by atoms with Gasteiger partial charge in [-0.05, 0) is 43.2 Å². The first kappa shape index (κ1) is 18.6. The molecule has 1 fully saturated rings. The molecule has 0 spiro atoms. The van der Waals surface area contributed by atoms with Gasteiger partial charge in [0.25, 0.3) is 0 Å². The van der Waals surface area contributed by atoms with Gasteiger partial charge in [-0.25, -0.2) is 0 Å².